The van der Waals surface area contributed by atoms with Gasteiger partial charge in [0.05, 0.1) is 19.8 Å². The average Bonchev–Trinajstić information content (AvgIpc) is 2.70. The van der Waals surface area contributed by atoms with Gasteiger partial charge in [0.15, 0.2) is 6.10 Å². The molecule has 0 bridgehead atoms. The van der Waals surface area contributed by atoms with Crippen molar-refractivity contribution in [3.63, 3.8) is 0 Å². The quantitative estimate of drug-likeness (QED) is 0.511. The smallest absolute Gasteiger partial charge is 0.335 e. The molecule has 0 aromatic heterocycles. The molecule has 0 aliphatic heterocycles. The van der Waals surface area contributed by atoms with E-state index in [2.05, 4.69) is 12.1 Å². The number of rotatable bonds is 12. The second-order valence-corrected chi connectivity index (χ2v) is 6.22. The van der Waals surface area contributed by atoms with Crippen LogP contribution in [0.25, 0.3) is 0 Å². The standard InChI is InChI=1S/C23H30O5/c1-4-25-20-11-7-18(8-12-20)15-16-28-21-13-9-19(10-14-21)17-22(26-5-2)23(24)27-6-3/h7-14,22H,4-6,15-17H2,1-3H3. The Hall–Kier alpha value is -2.53. The van der Waals surface area contributed by atoms with Crippen LogP contribution < -0.4 is 9.47 Å². The van der Waals surface area contributed by atoms with Gasteiger partial charge in [-0.25, -0.2) is 4.79 Å². The highest BCUT2D eigenvalue weighted by atomic mass is 16.6. The summed E-state index contributed by atoms with van der Waals surface area (Å²) in [5.74, 6) is 1.37. The summed E-state index contributed by atoms with van der Waals surface area (Å²) < 4.78 is 21.9. The molecule has 0 N–H and O–H groups in total. The Morgan fingerprint density at radius 2 is 1.39 bits per heavy atom. The van der Waals surface area contributed by atoms with Crippen LogP contribution in [0.5, 0.6) is 11.5 Å². The van der Waals surface area contributed by atoms with E-state index in [1.807, 2.05) is 50.2 Å². The molecule has 152 valence electrons. The molecule has 0 radical (unpaired) electrons. The lowest BCUT2D eigenvalue weighted by Crippen LogP contribution is -2.28. The molecular formula is C23H30O5. The molecule has 1 unspecified atom stereocenters. The van der Waals surface area contributed by atoms with E-state index in [-0.39, 0.29) is 5.97 Å². The SMILES string of the molecule is CCOC(=O)C(Cc1ccc(OCCc2ccc(OCC)cc2)cc1)OCC. The molecule has 0 saturated carbocycles. The number of esters is 1. The maximum atomic E-state index is 12.0. The molecule has 5 nitrogen and oxygen atoms in total. The van der Waals surface area contributed by atoms with E-state index in [0.717, 1.165) is 23.5 Å². The largest absolute Gasteiger partial charge is 0.494 e. The zero-order valence-electron chi connectivity index (χ0n) is 17.0. The molecule has 0 amide bonds. The summed E-state index contributed by atoms with van der Waals surface area (Å²) in [6.07, 6.45) is 0.735. The Kier molecular flexibility index (Phi) is 9.35. The first-order chi connectivity index (χ1) is 13.7. The molecule has 28 heavy (non-hydrogen) atoms. The number of ether oxygens (including phenoxy) is 4. The molecule has 5 heteroatoms. The van der Waals surface area contributed by atoms with Crippen LogP contribution >= 0.6 is 0 Å². The van der Waals surface area contributed by atoms with Crippen molar-refractivity contribution in [1.29, 1.82) is 0 Å². The molecule has 0 aliphatic rings. The van der Waals surface area contributed by atoms with Crippen LogP contribution in [0.2, 0.25) is 0 Å². The summed E-state index contributed by atoms with van der Waals surface area (Å²) >= 11 is 0. The fourth-order valence-corrected chi connectivity index (χ4v) is 2.79. The number of carbonyl (C=O) groups is 1. The lowest BCUT2D eigenvalue weighted by atomic mass is 10.1. The predicted molar refractivity (Wildman–Crippen MR) is 109 cm³/mol. The highest BCUT2D eigenvalue weighted by molar-refractivity contribution is 5.75. The molecule has 2 aromatic rings. The summed E-state index contributed by atoms with van der Waals surface area (Å²) in [6.45, 7) is 7.72. The van der Waals surface area contributed by atoms with Crippen LogP contribution in [-0.2, 0) is 27.1 Å². The van der Waals surface area contributed by atoms with E-state index < -0.39 is 6.10 Å². The van der Waals surface area contributed by atoms with Crippen LogP contribution in [-0.4, -0.2) is 38.5 Å². The molecule has 0 saturated heterocycles. The van der Waals surface area contributed by atoms with E-state index in [1.54, 1.807) is 6.92 Å². The highest BCUT2D eigenvalue weighted by Gasteiger charge is 2.20. The highest BCUT2D eigenvalue weighted by Crippen LogP contribution is 2.16. The monoisotopic (exact) mass is 386 g/mol. The lowest BCUT2D eigenvalue weighted by molar-refractivity contribution is -0.156. The van der Waals surface area contributed by atoms with Crippen molar-refractivity contribution in [3.05, 3.63) is 59.7 Å². The topological polar surface area (TPSA) is 54.0 Å². The number of hydrogen-bond donors (Lipinski definition) is 0. The molecule has 0 aliphatic carbocycles. The van der Waals surface area contributed by atoms with E-state index in [4.69, 9.17) is 18.9 Å². The molecule has 0 spiro atoms. The minimum atomic E-state index is -0.573. The van der Waals surface area contributed by atoms with Gasteiger partial charge in [0.2, 0.25) is 0 Å². The predicted octanol–water partition coefficient (Wildman–Crippen LogP) is 4.22. The van der Waals surface area contributed by atoms with Gasteiger partial charge < -0.3 is 18.9 Å². The summed E-state index contributed by atoms with van der Waals surface area (Å²) in [4.78, 5) is 12.0. The van der Waals surface area contributed by atoms with Gasteiger partial charge in [0, 0.05) is 19.4 Å². The fraction of sp³-hybridized carbons (Fsp3) is 0.435. The van der Waals surface area contributed by atoms with E-state index in [1.165, 1.54) is 5.56 Å². The van der Waals surface area contributed by atoms with Gasteiger partial charge in [-0.05, 0) is 56.2 Å². The van der Waals surface area contributed by atoms with Crippen molar-refractivity contribution in [3.8, 4) is 11.5 Å². The minimum Gasteiger partial charge on any atom is -0.494 e. The Labute approximate surface area is 167 Å². The van der Waals surface area contributed by atoms with Crippen LogP contribution in [0.15, 0.2) is 48.5 Å². The van der Waals surface area contributed by atoms with E-state index >= 15 is 0 Å². The summed E-state index contributed by atoms with van der Waals surface area (Å²) in [5.41, 5.74) is 2.21. The minimum absolute atomic E-state index is 0.319. The molecule has 2 aromatic carbocycles. The first-order valence-corrected chi connectivity index (χ1v) is 9.87. The number of carbonyl (C=O) groups excluding carboxylic acids is 1. The second kappa shape index (κ2) is 12.0. The average molecular weight is 386 g/mol. The van der Waals surface area contributed by atoms with Gasteiger partial charge in [-0.3, -0.25) is 0 Å². The summed E-state index contributed by atoms with van der Waals surface area (Å²) in [6, 6.07) is 15.8. The van der Waals surface area contributed by atoms with Crippen molar-refractivity contribution in [2.75, 3.05) is 26.4 Å². The van der Waals surface area contributed by atoms with Gasteiger partial charge >= 0.3 is 5.97 Å². The van der Waals surface area contributed by atoms with E-state index in [0.29, 0.717) is 32.8 Å². The first-order valence-electron chi connectivity index (χ1n) is 9.87. The van der Waals surface area contributed by atoms with Crippen molar-refractivity contribution < 1.29 is 23.7 Å². The van der Waals surface area contributed by atoms with Crippen LogP contribution in [0.1, 0.15) is 31.9 Å². The van der Waals surface area contributed by atoms with Gasteiger partial charge in [0.1, 0.15) is 11.5 Å². The third kappa shape index (κ3) is 7.24. The van der Waals surface area contributed by atoms with E-state index in [9.17, 15) is 4.79 Å². The van der Waals surface area contributed by atoms with Crippen LogP contribution in [0.4, 0.5) is 0 Å². The normalized spacial score (nSPS) is 11.7. The third-order valence-electron chi connectivity index (χ3n) is 4.16. The maximum Gasteiger partial charge on any atom is 0.335 e. The van der Waals surface area contributed by atoms with Crippen molar-refractivity contribution in [2.24, 2.45) is 0 Å². The van der Waals surface area contributed by atoms with Crippen molar-refractivity contribution in [1.82, 2.24) is 0 Å². The number of hydrogen-bond acceptors (Lipinski definition) is 5. The third-order valence-corrected chi connectivity index (χ3v) is 4.16. The molecule has 1 atom stereocenters. The zero-order chi connectivity index (χ0) is 20.2. The van der Waals surface area contributed by atoms with Crippen LogP contribution in [0.3, 0.4) is 0 Å². The molecular weight excluding hydrogens is 356 g/mol. The van der Waals surface area contributed by atoms with Gasteiger partial charge in [-0.15, -0.1) is 0 Å². The Morgan fingerprint density at radius 1 is 0.786 bits per heavy atom. The lowest BCUT2D eigenvalue weighted by Gasteiger charge is -2.15. The van der Waals surface area contributed by atoms with Gasteiger partial charge in [0.25, 0.3) is 0 Å². The Balaban J connectivity index is 1.82. The fourth-order valence-electron chi connectivity index (χ4n) is 2.79. The van der Waals surface area contributed by atoms with Crippen molar-refractivity contribution >= 4 is 5.97 Å². The Bertz CT molecular complexity index is 694. The Morgan fingerprint density at radius 3 is 1.96 bits per heavy atom. The molecule has 0 heterocycles. The summed E-state index contributed by atoms with van der Waals surface area (Å²) in [5, 5.41) is 0. The number of benzene rings is 2. The first kappa shape index (κ1) is 21.8. The summed E-state index contributed by atoms with van der Waals surface area (Å²) in [7, 11) is 0. The van der Waals surface area contributed by atoms with Gasteiger partial charge in [-0.2, -0.15) is 0 Å². The molecule has 0 fully saturated rings. The van der Waals surface area contributed by atoms with Gasteiger partial charge in [-0.1, -0.05) is 24.3 Å². The zero-order valence-corrected chi connectivity index (χ0v) is 17.0. The van der Waals surface area contributed by atoms with Crippen LogP contribution in [0, 0.1) is 0 Å². The molecule has 2 rings (SSSR count). The second-order valence-electron chi connectivity index (χ2n) is 6.22. The van der Waals surface area contributed by atoms with Crippen molar-refractivity contribution in [2.45, 2.75) is 39.7 Å². The maximum absolute atomic E-state index is 12.0.